The number of aromatic nitrogens is 1. The molecule has 2 aromatic carbocycles. The molecule has 0 spiro atoms. The predicted molar refractivity (Wildman–Crippen MR) is 214 cm³/mol. The molecule has 1 aliphatic carbocycles. The van der Waals surface area contributed by atoms with Gasteiger partial charge in [-0.1, -0.05) is 23.7 Å². The van der Waals surface area contributed by atoms with Crippen molar-refractivity contribution in [2.24, 2.45) is 5.92 Å². The summed E-state index contributed by atoms with van der Waals surface area (Å²) in [6.07, 6.45) is 5.28. The average molecular weight is 778 g/mol. The number of methoxy groups -OCH3 is 2. The number of fused-ring (bicyclic) bond motifs is 1. The first-order chi connectivity index (χ1) is 26.1. The summed E-state index contributed by atoms with van der Waals surface area (Å²) in [6, 6.07) is 15.2. The van der Waals surface area contributed by atoms with Crippen LogP contribution in [0.2, 0.25) is 5.02 Å². The number of rotatable bonds is 14. The lowest BCUT2D eigenvalue weighted by atomic mass is 9.85. The zero-order valence-electron chi connectivity index (χ0n) is 33.4. The van der Waals surface area contributed by atoms with E-state index in [1.807, 2.05) is 95.1 Å². The van der Waals surface area contributed by atoms with Crippen LogP contribution in [-0.2, 0) is 25.5 Å². The molecule has 5 rings (SSSR count). The van der Waals surface area contributed by atoms with E-state index < -0.39 is 17.7 Å². The molecule has 298 valence electrons. The fraction of sp³-hybridized carbons (Fsp3) is 0.524. The van der Waals surface area contributed by atoms with Crippen molar-refractivity contribution in [1.29, 1.82) is 0 Å². The van der Waals surface area contributed by atoms with Crippen LogP contribution in [0, 0.1) is 5.92 Å². The Morgan fingerprint density at radius 3 is 2.33 bits per heavy atom. The number of nitrogens with one attached hydrogen (secondary N) is 1. The highest BCUT2D eigenvalue weighted by Crippen LogP contribution is 2.44. The van der Waals surface area contributed by atoms with Crippen LogP contribution >= 0.6 is 11.6 Å². The van der Waals surface area contributed by atoms with Crippen molar-refractivity contribution in [2.75, 3.05) is 57.2 Å². The van der Waals surface area contributed by atoms with E-state index in [-0.39, 0.29) is 37.0 Å². The second kappa shape index (κ2) is 18.4. The first-order valence-corrected chi connectivity index (χ1v) is 19.4. The van der Waals surface area contributed by atoms with Crippen LogP contribution in [-0.4, -0.2) is 93.0 Å². The monoisotopic (exact) mass is 777 g/mol. The van der Waals surface area contributed by atoms with E-state index in [0.29, 0.717) is 41.2 Å². The molecule has 1 atom stereocenters. The molecule has 1 unspecified atom stereocenters. The molecule has 55 heavy (non-hydrogen) atoms. The number of hydrogen-bond acceptors (Lipinski definition) is 10. The molecule has 1 aliphatic heterocycles. The van der Waals surface area contributed by atoms with E-state index in [2.05, 4.69) is 15.1 Å². The third kappa shape index (κ3) is 11.0. The molecule has 13 heteroatoms. The maximum atomic E-state index is 14.0. The van der Waals surface area contributed by atoms with Gasteiger partial charge in [0.15, 0.2) is 11.5 Å². The van der Waals surface area contributed by atoms with Crippen molar-refractivity contribution in [3.05, 3.63) is 76.4 Å². The first-order valence-electron chi connectivity index (χ1n) is 19.1. The Morgan fingerprint density at radius 2 is 1.73 bits per heavy atom. The molecule has 2 aliphatic rings. The highest BCUT2D eigenvalue weighted by molar-refractivity contribution is 6.30. The summed E-state index contributed by atoms with van der Waals surface area (Å²) in [5, 5.41) is 3.42. The summed E-state index contributed by atoms with van der Waals surface area (Å²) in [5.74, 6) is 2.13. The predicted octanol–water partition coefficient (Wildman–Crippen LogP) is 7.20. The van der Waals surface area contributed by atoms with Crippen molar-refractivity contribution >= 4 is 41.1 Å². The summed E-state index contributed by atoms with van der Waals surface area (Å²) in [4.78, 5) is 49.4. The van der Waals surface area contributed by atoms with Gasteiger partial charge in [-0.3, -0.25) is 19.4 Å². The fourth-order valence-electron chi connectivity index (χ4n) is 7.49. The highest BCUT2D eigenvalue weighted by atomic mass is 35.5. The van der Waals surface area contributed by atoms with Crippen LogP contribution in [0.3, 0.4) is 0 Å². The van der Waals surface area contributed by atoms with E-state index in [4.69, 9.17) is 35.5 Å². The van der Waals surface area contributed by atoms with Crippen LogP contribution in [0.1, 0.15) is 83.0 Å². The van der Waals surface area contributed by atoms with Gasteiger partial charge >= 0.3 is 12.1 Å². The number of amides is 2. The number of hydrogen-bond donors (Lipinski definition) is 1. The van der Waals surface area contributed by atoms with Crippen molar-refractivity contribution < 1.29 is 33.3 Å². The molecule has 0 bridgehead atoms. The smallest absolute Gasteiger partial charge is 0.407 e. The maximum Gasteiger partial charge on any atom is 0.407 e. The Kier molecular flexibility index (Phi) is 13.9. The zero-order valence-corrected chi connectivity index (χ0v) is 34.2. The molecule has 1 saturated carbocycles. The molecule has 1 N–H and O–H groups in total. The second-order valence-corrected chi connectivity index (χ2v) is 16.1. The highest BCUT2D eigenvalue weighted by Gasteiger charge is 2.36. The third-order valence-electron chi connectivity index (χ3n) is 10.0. The number of nitrogens with zero attached hydrogens (tertiary/aromatic N) is 4. The Labute approximate surface area is 330 Å². The van der Waals surface area contributed by atoms with Gasteiger partial charge in [-0.25, -0.2) is 9.78 Å². The number of halogens is 1. The van der Waals surface area contributed by atoms with Gasteiger partial charge in [-0.05, 0) is 119 Å². The fourth-order valence-corrected chi connectivity index (χ4v) is 7.61. The first kappa shape index (κ1) is 41.6. The number of alkyl carbamates (subject to hydrolysis) is 1. The van der Waals surface area contributed by atoms with Crippen LogP contribution in [0.4, 0.5) is 16.3 Å². The van der Waals surface area contributed by atoms with Gasteiger partial charge < -0.3 is 29.2 Å². The van der Waals surface area contributed by atoms with Gasteiger partial charge in [0.2, 0.25) is 5.91 Å². The minimum atomic E-state index is -0.581. The lowest BCUT2D eigenvalue weighted by Crippen LogP contribution is -2.46. The molecule has 1 fully saturated rings. The molecule has 1 aromatic heterocycles. The Balaban J connectivity index is 1.26. The van der Waals surface area contributed by atoms with Crippen LogP contribution in [0.25, 0.3) is 0 Å². The lowest BCUT2D eigenvalue weighted by molar-refractivity contribution is -0.142. The lowest BCUT2D eigenvalue weighted by Gasteiger charge is -2.38. The molecular weight excluding hydrogens is 722 g/mol. The van der Waals surface area contributed by atoms with Crippen LogP contribution < -0.4 is 24.6 Å². The number of benzene rings is 2. The maximum absolute atomic E-state index is 14.0. The van der Waals surface area contributed by atoms with Gasteiger partial charge in [-0.15, -0.1) is 0 Å². The average Bonchev–Trinajstić information content (AvgIpc) is 3.13. The number of carbonyl (C=O) groups is 3. The summed E-state index contributed by atoms with van der Waals surface area (Å²) >= 11 is 6.29. The van der Waals surface area contributed by atoms with Crippen LogP contribution in [0.5, 0.6) is 11.5 Å². The third-order valence-corrected chi connectivity index (χ3v) is 10.3. The van der Waals surface area contributed by atoms with Gasteiger partial charge in [0, 0.05) is 37.7 Å². The van der Waals surface area contributed by atoms with Gasteiger partial charge in [0.1, 0.15) is 11.4 Å². The van der Waals surface area contributed by atoms with Crippen molar-refractivity contribution in [1.82, 2.24) is 15.2 Å². The number of carbonyl (C=O) groups excluding carboxylic acids is 3. The molecule has 2 amide bonds. The van der Waals surface area contributed by atoms with E-state index >= 15 is 0 Å². The SMILES string of the molecule is COC(=O)CN(CCNC(=O)OC(C)(C)C)C1CCC(CN(C)c2ccc(N3C(=O)Cc4cc(OC)c(OC(C)C)cc4C3c3ccc(Cl)cc3)cn2)CC1. The van der Waals surface area contributed by atoms with Crippen molar-refractivity contribution in [3.8, 4) is 11.5 Å². The number of pyridine rings is 1. The zero-order chi connectivity index (χ0) is 39.9. The van der Waals surface area contributed by atoms with Crippen molar-refractivity contribution in [2.45, 2.75) is 90.5 Å². The van der Waals surface area contributed by atoms with Gasteiger partial charge in [0.25, 0.3) is 0 Å². The minimum absolute atomic E-state index is 0.0476. The van der Waals surface area contributed by atoms with E-state index in [9.17, 15) is 14.4 Å². The Hall–Kier alpha value is -4.55. The summed E-state index contributed by atoms with van der Waals surface area (Å²) in [6.45, 7) is 11.3. The standard InChI is InChI=1S/C42H56ClN5O7/c1-27(2)54-36-23-34-30(21-35(36)52-7)22-38(49)48(40(34)29-11-13-31(43)14-12-29)33-17-18-37(45-24-33)46(6)25-28-9-15-32(16-10-28)47(26-39(50)53-8)20-19-44-41(51)55-42(3,4)5/h11-14,17-18,21,23-24,27-28,32,40H,9-10,15-16,19-20,22,25-26H2,1-8H3,(H,44,51). The molecule has 12 nitrogen and oxygen atoms in total. The topological polar surface area (TPSA) is 123 Å². The van der Waals surface area contributed by atoms with E-state index in [1.54, 1.807) is 13.3 Å². The van der Waals surface area contributed by atoms with Crippen LogP contribution in [0.15, 0.2) is 54.7 Å². The second-order valence-electron chi connectivity index (χ2n) is 15.7. The molecule has 2 heterocycles. The van der Waals surface area contributed by atoms with Gasteiger partial charge in [-0.2, -0.15) is 0 Å². The van der Waals surface area contributed by atoms with Gasteiger partial charge in [0.05, 0.1) is 51.2 Å². The molecule has 0 radical (unpaired) electrons. The quantitative estimate of drug-likeness (QED) is 0.168. The number of esters is 1. The molecular formula is C42H56ClN5O7. The van der Waals surface area contributed by atoms with Crippen molar-refractivity contribution in [3.63, 3.8) is 0 Å². The Morgan fingerprint density at radius 1 is 1.02 bits per heavy atom. The van der Waals surface area contributed by atoms with E-state index in [0.717, 1.165) is 54.7 Å². The normalized spacial score (nSPS) is 18.5. The largest absolute Gasteiger partial charge is 0.493 e. The molecule has 3 aromatic rings. The minimum Gasteiger partial charge on any atom is -0.493 e. The van der Waals surface area contributed by atoms with E-state index in [1.165, 1.54) is 7.11 Å². The molecule has 0 saturated heterocycles. The number of anilines is 2. The summed E-state index contributed by atoms with van der Waals surface area (Å²) in [5.41, 5.74) is 2.88. The Bertz CT molecular complexity index is 1770. The summed E-state index contributed by atoms with van der Waals surface area (Å²) in [7, 11) is 5.04. The number of ether oxygens (including phenoxy) is 4. The summed E-state index contributed by atoms with van der Waals surface area (Å²) < 4.78 is 22.1.